The van der Waals surface area contributed by atoms with E-state index in [0.717, 1.165) is 19.3 Å². The van der Waals surface area contributed by atoms with Gasteiger partial charge < -0.3 is 11.1 Å². The molecule has 0 aliphatic heterocycles. The van der Waals surface area contributed by atoms with Crippen LogP contribution in [-0.4, -0.2) is 16.9 Å². The van der Waals surface area contributed by atoms with E-state index in [4.69, 9.17) is 29.6 Å². The molecule has 0 radical (unpaired) electrons. The van der Waals surface area contributed by atoms with Gasteiger partial charge in [0.2, 0.25) is 0 Å². The molecule has 1 aromatic rings. The van der Waals surface area contributed by atoms with E-state index in [9.17, 15) is 4.79 Å². The predicted molar refractivity (Wildman–Crippen MR) is 84.5 cm³/mol. The van der Waals surface area contributed by atoms with E-state index >= 15 is 0 Å². The van der Waals surface area contributed by atoms with Gasteiger partial charge in [0.25, 0.3) is 5.91 Å². The molecule has 0 bridgehead atoms. The van der Waals surface area contributed by atoms with Gasteiger partial charge in [-0.15, -0.1) is 0 Å². The highest BCUT2D eigenvalue weighted by Gasteiger charge is 2.30. The van der Waals surface area contributed by atoms with Gasteiger partial charge in [-0.25, -0.2) is 0 Å². The molecular formula is C13H14BrClN2OS. The minimum Gasteiger partial charge on any atom is -0.393 e. The fourth-order valence-electron chi connectivity index (χ4n) is 2.36. The number of hydrogen-bond donors (Lipinski definition) is 2. The van der Waals surface area contributed by atoms with Gasteiger partial charge in [-0.1, -0.05) is 30.2 Å². The quantitative estimate of drug-likeness (QED) is 0.812. The zero-order valence-electron chi connectivity index (χ0n) is 10.2. The van der Waals surface area contributed by atoms with Crippen LogP contribution in [0.15, 0.2) is 22.7 Å². The molecule has 1 aromatic carbocycles. The van der Waals surface area contributed by atoms with Crippen molar-refractivity contribution in [3.05, 3.63) is 33.3 Å². The number of carbonyl (C=O) groups excluding carboxylic acids is 1. The van der Waals surface area contributed by atoms with Crippen molar-refractivity contribution in [3.63, 3.8) is 0 Å². The lowest BCUT2D eigenvalue weighted by molar-refractivity contribution is 0.0934. The SMILES string of the molecule is NC(=S)C1CCCC1NC(=O)c1ccc(Cl)c(Br)c1. The van der Waals surface area contributed by atoms with Gasteiger partial charge in [-0.2, -0.15) is 0 Å². The first-order valence-electron chi connectivity index (χ1n) is 6.04. The summed E-state index contributed by atoms with van der Waals surface area (Å²) in [5.74, 6) is -0.0137. The predicted octanol–water partition coefficient (Wildman–Crippen LogP) is 3.29. The van der Waals surface area contributed by atoms with Gasteiger partial charge in [0, 0.05) is 22.0 Å². The van der Waals surface area contributed by atoms with E-state index in [1.54, 1.807) is 18.2 Å². The average molecular weight is 362 g/mol. The zero-order chi connectivity index (χ0) is 14.0. The summed E-state index contributed by atoms with van der Waals surface area (Å²) in [6.45, 7) is 0. The maximum Gasteiger partial charge on any atom is 0.251 e. The van der Waals surface area contributed by atoms with Crippen molar-refractivity contribution in [2.75, 3.05) is 0 Å². The summed E-state index contributed by atoms with van der Waals surface area (Å²) < 4.78 is 0.708. The summed E-state index contributed by atoms with van der Waals surface area (Å²) in [4.78, 5) is 12.7. The number of rotatable bonds is 3. The lowest BCUT2D eigenvalue weighted by Crippen LogP contribution is -2.41. The molecule has 0 heterocycles. The molecule has 6 heteroatoms. The van der Waals surface area contributed by atoms with Crippen LogP contribution in [-0.2, 0) is 0 Å². The molecule has 0 aromatic heterocycles. The van der Waals surface area contributed by atoms with Gasteiger partial charge in [0.15, 0.2) is 0 Å². The molecule has 1 aliphatic rings. The van der Waals surface area contributed by atoms with Gasteiger partial charge in [-0.05, 0) is 47.0 Å². The van der Waals surface area contributed by atoms with Crippen LogP contribution >= 0.6 is 39.7 Å². The Hall–Kier alpha value is -0.650. The summed E-state index contributed by atoms with van der Waals surface area (Å²) in [5.41, 5.74) is 6.28. The number of hydrogen-bond acceptors (Lipinski definition) is 2. The summed E-state index contributed by atoms with van der Waals surface area (Å²) in [6, 6.07) is 5.15. The first-order valence-corrected chi connectivity index (χ1v) is 7.62. The molecule has 0 saturated heterocycles. The molecule has 1 saturated carbocycles. The van der Waals surface area contributed by atoms with E-state index < -0.39 is 0 Å². The first kappa shape index (κ1) is 14.8. The first-order chi connectivity index (χ1) is 8.99. The molecule has 3 N–H and O–H groups in total. The van der Waals surface area contributed by atoms with Crippen molar-refractivity contribution in [2.24, 2.45) is 11.7 Å². The molecular weight excluding hydrogens is 348 g/mol. The molecule has 2 atom stereocenters. The van der Waals surface area contributed by atoms with Crippen LogP contribution in [0.5, 0.6) is 0 Å². The topological polar surface area (TPSA) is 55.1 Å². The van der Waals surface area contributed by atoms with Crippen LogP contribution in [0.25, 0.3) is 0 Å². The highest BCUT2D eigenvalue weighted by molar-refractivity contribution is 9.10. The minimum absolute atomic E-state index is 0.0412. The Morgan fingerprint density at radius 3 is 2.84 bits per heavy atom. The summed E-state index contributed by atoms with van der Waals surface area (Å²) in [7, 11) is 0. The van der Waals surface area contributed by atoms with Gasteiger partial charge in [-0.3, -0.25) is 4.79 Å². The fraction of sp³-hybridized carbons (Fsp3) is 0.385. The Bertz CT molecular complexity index is 523. The van der Waals surface area contributed by atoms with Crippen LogP contribution in [0, 0.1) is 5.92 Å². The number of benzene rings is 1. The highest BCUT2D eigenvalue weighted by Crippen LogP contribution is 2.27. The second-order valence-corrected chi connectivity index (χ2v) is 6.38. The van der Waals surface area contributed by atoms with Gasteiger partial charge in [0.1, 0.15) is 0 Å². The molecule has 2 unspecified atom stereocenters. The van der Waals surface area contributed by atoms with Crippen LogP contribution in [0.1, 0.15) is 29.6 Å². The van der Waals surface area contributed by atoms with E-state index in [0.29, 0.717) is 20.0 Å². The third-order valence-corrected chi connectivity index (χ3v) is 4.90. The second-order valence-electron chi connectivity index (χ2n) is 4.65. The number of halogens is 2. The summed E-state index contributed by atoms with van der Waals surface area (Å²) in [6.07, 6.45) is 2.91. The molecule has 1 aliphatic carbocycles. The Morgan fingerprint density at radius 2 is 2.21 bits per heavy atom. The normalized spacial score (nSPS) is 22.2. The number of amides is 1. The largest absolute Gasteiger partial charge is 0.393 e. The zero-order valence-corrected chi connectivity index (χ0v) is 13.3. The third-order valence-electron chi connectivity index (χ3n) is 3.38. The fourth-order valence-corrected chi connectivity index (χ4v) is 3.14. The molecule has 3 nitrogen and oxygen atoms in total. The number of carbonyl (C=O) groups is 1. The number of nitrogens with one attached hydrogen (secondary N) is 1. The monoisotopic (exact) mass is 360 g/mol. The van der Waals surface area contributed by atoms with E-state index in [1.165, 1.54) is 0 Å². The molecule has 19 heavy (non-hydrogen) atoms. The van der Waals surface area contributed by atoms with Crippen LogP contribution in [0.4, 0.5) is 0 Å². The average Bonchev–Trinajstić information content (AvgIpc) is 2.80. The third kappa shape index (κ3) is 3.46. The lowest BCUT2D eigenvalue weighted by Gasteiger charge is -2.20. The van der Waals surface area contributed by atoms with Crippen molar-refractivity contribution in [1.82, 2.24) is 5.32 Å². The standard InChI is InChI=1S/C13H14BrClN2OS/c14-9-6-7(4-5-10(9)15)13(18)17-11-3-1-2-8(11)12(16)19/h4-6,8,11H,1-3H2,(H2,16,19)(H,17,18). The molecule has 1 amide bonds. The smallest absolute Gasteiger partial charge is 0.251 e. The van der Waals surface area contributed by atoms with Crippen LogP contribution in [0.3, 0.4) is 0 Å². The highest BCUT2D eigenvalue weighted by atomic mass is 79.9. The van der Waals surface area contributed by atoms with Crippen molar-refractivity contribution in [1.29, 1.82) is 0 Å². The van der Waals surface area contributed by atoms with Gasteiger partial charge in [0.05, 0.1) is 10.0 Å². The number of thiocarbonyl (C=S) groups is 1. The molecule has 0 spiro atoms. The maximum atomic E-state index is 12.2. The summed E-state index contributed by atoms with van der Waals surface area (Å²) in [5, 5.41) is 3.58. The summed E-state index contributed by atoms with van der Waals surface area (Å²) >= 11 is 14.3. The Morgan fingerprint density at radius 1 is 1.47 bits per heavy atom. The molecule has 2 rings (SSSR count). The Balaban J connectivity index is 2.08. The molecule has 102 valence electrons. The van der Waals surface area contributed by atoms with Crippen LogP contribution in [0.2, 0.25) is 5.02 Å². The Labute approximate surface area is 131 Å². The van der Waals surface area contributed by atoms with E-state index in [1.807, 2.05) is 0 Å². The molecule has 1 fully saturated rings. The maximum absolute atomic E-state index is 12.2. The van der Waals surface area contributed by atoms with E-state index in [-0.39, 0.29) is 17.9 Å². The lowest BCUT2D eigenvalue weighted by atomic mass is 10.0. The van der Waals surface area contributed by atoms with Crippen molar-refractivity contribution in [3.8, 4) is 0 Å². The van der Waals surface area contributed by atoms with Crippen molar-refractivity contribution < 1.29 is 4.79 Å². The van der Waals surface area contributed by atoms with Gasteiger partial charge >= 0.3 is 0 Å². The number of nitrogens with two attached hydrogens (primary N) is 1. The second kappa shape index (κ2) is 6.20. The van der Waals surface area contributed by atoms with Crippen molar-refractivity contribution in [2.45, 2.75) is 25.3 Å². The van der Waals surface area contributed by atoms with Crippen molar-refractivity contribution >= 4 is 50.6 Å². The van der Waals surface area contributed by atoms with E-state index in [2.05, 4.69) is 21.2 Å². The minimum atomic E-state index is -0.120. The Kier molecular flexibility index (Phi) is 4.81. The van der Waals surface area contributed by atoms with Crippen LogP contribution < -0.4 is 11.1 Å².